The number of hydrogen-bond donors (Lipinski definition) is 0. The summed E-state index contributed by atoms with van der Waals surface area (Å²) in [4.78, 5) is 0. The fraction of sp³-hybridized carbons (Fsp3) is 1.00. The van der Waals surface area contributed by atoms with Crippen LogP contribution in [0.3, 0.4) is 0 Å². The van der Waals surface area contributed by atoms with E-state index in [-0.39, 0.29) is 49.4 Å². The molecule has 61 heavy (non-hydrogen) atoms. The molecule has 15 heteroatoms. The first kappa shape index (κ1) is 70.0. The summed E-state index contributed by atoms with van der Waals surface area (Å²) in [6, 6.07) is 8.32. The maximum Gasteiger partial charge on any atom is 0.389 e. The van der Waals surface area contributed by atoms with E-state index in [9.17, 15) is 13.2 Å². The highest BCUT2D eigenvalue weighted by Crippen LogP contribution is 2.42. The molecule has 0 aromatic rings. The second-order valence-corrected chi connectivity index (χ2v) is 80.3. The lowest BCUT2D eigenvalue weighted by Crippen LogP contribution is -2.38. The molecular weight excluding hydrogens is 947 g/mol. The molecular formula is C46H121F3Si12. The highest BCUT2D eigenvalue weighted by molar-refractivity contribution is 6.94. The number of rotatable bonds is 24. The Labute approximate surface area is 404 Å². The van der Waals surface area contributed by atoms with Crippen LogP contribution in [0.2, 0.25) is 222 Å². The third kappa shape index (κ3) is 53.2. The fourth-order valence-electron chi connectivity index (χ4n) is 12.9. The van der Waals surface area contributed by atoms with Crippen molar-refractivity contribution in [1.29, 1.82) is 0 Å². The zero-order chi connectivity index (χ0) is 49.8. The van der Waals surface area contributed by atoms with Crippen LogP contribution in [-0.4, -0.2) is 109 Å². The second-order valence-electron chi connectivity index (χ2n) is 29.5. The predicted octanol–water partition coefficient (Wildman–Crippen LogP) is 16.8. The van der Waals surface area contributed by atoms with E-state index in [1.807, 2.05) is 0 Å². The van der Waals surface area contributed by atoms with Gasteiger partial charge in [-0.15, -0.1) is 0 Å². The van der Waals surface area contributed by atoms with Gasteiger partial charge in [-0.25, -0.2) is 0 Å². The third-order valence-electron chi connectivity index (χ3n) is 11.3. The van der Waals surface area contributed by atoms with Gasteiger partial charge in [0.05, 0.1) is 0 Å². The molecule has 0 amide bonds. The van der Waals surface area contributed by atoms with Gasteiger partial charge in [0.1, 0.15) is 0 Å². The summed E-state index contributed by atoms with van der Waals surface area (Å²) < 4.78 is 37.8. The van der Waals surface area contributed by atoms with Crippen molar-refractivity contribution >= 4 is 103 Å². The molecule has 0 saturated carbocycles. The average molecular weight is 1070 g/mol. The Bertz CT molecular complexity index is 1080. The highest BCUT2D eigenvalue weighted by atomic mass is 28.4. The van der Waals surface area contributed by atoms with Gasteiger partial charge >= 0.3 is 6.18 Å². The van der Waals surface area contributed by atoms with Crippen molar-refractivity contribution in [2.45, 2.75) is 275 Å². The molecule has 0 spiro atoms. The fourth-order valence-corrected chi connectivity index (χ4v) is 73.6. The van der Waals surface area contributed by atoms with Crippen LogP contribution >= 0.6 is 0 Å². The Morgan fingerprint density at radius 2 is 0.738 bits per heavy atom. The molecule has 0 radical (unpaired) electrons. The molecule has 0 aliphatic heterocycles. The maximum atomic E-state index is 12.6. The van der Waals surface area contributed by atoms with Gasteiger partial charge in [-0.05, 0) is 22.7 Å². The lowest BCUT2D eigenvalue weighted by atomic mass is 9.89. The Balaban J connectivity index is -0.000000363. The van der Waals surface area contributed by atoms with E-state index in [2.05, 4.69) is 192 Å². The van der Waals surface area contributed by atoms with E-state index < -0.39 is 71.3 Å². The average Bonchev–Trinajstić information content (AvgIpc) is 2.84. The molecule has 0 aliphatic carbocycles. The molecule has 0 aliphatic rings. The Hall–Kier alpha value is 2.39. The lowest BCUT2D eigenvalue weighted by molar-refractivity contribution is -0.139. The van der Waals surface area contributed by atoms with Crippen molar-refractivity contribution in [3.63, 3.8) is 0 Å². The van der Waals surface area contributed by atoms with Gasteiger partial charge in [0.15, 0.2) is 0 Å². The molecule has 3 atom stereocenters. The van der Waals surface area contributed by atoms with Crippen molar-refractivity contribution in [3.8, 4) is 0 Å². The van der Waals surface area contributed by atoms with Gasteiger partial charge in [-0.2, -0.15) is 13.2 Å². The summed E-state index contributed by atoms with van der Waals surface area (Å²) in [6.45, 7) is 71.7. The van der Waals surface area contributed by atoms with Crippen LogP contribution in [0, 0.1) is 16.2 Å². The van der Waals surface area contributed by atoms with Gasteiger partial charge < -0.3 is 0 Å². The van der Waals surface area contributed by atoms with Crippen LogP contribution in [0.25, 0.3) is 0 Å². The van der Waals surface area contributed by atoms with Crippen molar-refractivity contribution in [2.75, 3.05) is 0 Å². The minimum Gasteiger partial charge on any atom is -0.171 e. The molecule has 0 fully saturated rings. The minimum absolute atomic E-state index is 0.0745. The molecule has 3 unspecified atom stereocenters. The van der Waals surface area contributed by atoms with Crippen molar-refractivity contribution in [3.05, 3.63) is 0 Å². The van der Waals surface area contributed by atoms with Crippen LogP contribution in [0.15, 0.2) is 0 Å². The standard InChI is InChI=1S/C14H33F3Si3.C13H34Si3.C11H30Si3.C8H24Si3/c1-13(10-18(2)3,8-9-14(15,16)17)11-20(6,7)12-19(4)5;1-13(2,11-15(4,5)6)10-14(3)12-16(7,8)9;1-11(2,8-12(3)4)9-14(7)10-13(5)6;1-9(2)7-11(5,6)8-10(3)4/h18-19H,8-12H2,1-7H3;14H,10-12H2,1-9H3;12-14H,8-10H2,1-7H3;9-10H,7-8H2,1-6H3. The number of alkyl halides is 3. The molecule has 0 heterocycles. The maximum absolute atomic E-state index is 12.6. The molecule has 374 valence electrons. The van der Waals surface area contributed by atoms with Crippen molar-refractivity contribution < 1.29 is 13.2 Å². The van der Waals surface area contributed by atoms with E-state index >= 15 is 0 Å². The van der Waals surface area contributed by atoms with Gasteiger partial charge in [0.2, 0.25) is 0 Å². The van der Waals surface area contributed by atoms with Crippen molar-refractivity contribution in [2.24, 2.45) is 16.2 Å². The van der Waals surface area contributed by atoms with Gasteiger partial charge in [0, 0.05) is 109 Å². The first-order chi connectivity index (χ1) is 26.6. The van der Waals surface area contributed by atoms with Crippen LogP contribution in [0.4, 0.5) is 13.2 Å². The van der Waals surface area contributed by atoms with E-state index in [0.29, 0.717) is 17.3 Å². The van der Waals surface area contributed by atoms with E-state index in [4.69, 9.17) is 0 Å². The second kappa shape index (κ2) is 30.8. The smallest absolute Gasteiger partial charge is 0.171 e. The van der Waals surface area contributed by atoms with Gasteiger partial charge in [-0.3, -0.25) is 0 Å². The molecule has 0 N–H and O–H groups in total. The molecule has 0 aromatic heterocycles. The molecule has 0 saturated heterocycles. The van der Waals surface area contributed by atoms with Crippen molar-refractivity contribution in [1.82, 2.24) is 0 Å². The molecule has 0 bridgehead atoms. The topological polar surface area (TPSA) is 0 Å². The van der Waals surface area contributed by atoms with Crippen LogP contribution in [0.1, 0.15) is 47.5 Å². The summed E-state index contributed by atoms with van der Waals surface area (Å²) in [7, 11) is -7.20. The summed E-state index contributed by atoms with van der Waals surface area (Å²) in [5, 5.41) is 0. The SMILES string of the molecule is C[SiH](C)CC(C)(CCC(F)(F)F)C[Si](C)(C)C[SiH](C)C.C[SiH](C)C[SiH](C)CC(C)(C)C[SiH](C)C.C[SiH](C)C[Si](C)(C)C[SiH](C)C.C[SiH](CC(C)(C)C[Si](C)(C)C)C[Si](C)(C)C. The molecule has 0 rings (SSSR count). The van der Waals surface area contributed by atoms with Crippen LogP contribution in [-0.2, 0) is 0 Å². The van der Waals surface area contributed by atoms with E-state index in [1.165, 1.54) is 11.7 Å². The summed E-state index contributed by atoms with van der Waals surface area (Å²) >= 11 is 0. The summed E-state index contributed by atoms with van der Waals surface area (Å²) in [5.41, 5.74) is 9.20. The lowest BCUT2D eigenvalue weighted by Gasteiger charge is -2.39. The van der Waals surface area contributed by atoms with Gasteiger partial charge in [-0.1, -0.05) is 256 Å². The Morgan fingerprint density at radius 1 is 0.361 bits per heavy atom. The Kier molecular flexibility index (Phi) is 35.3. The quantitative estimate of drug-likeness (QED) is 0.0845. The highest BCUT2D eigenvalue weighted by Gasteiger charge is 2.38. The van der Waals surface area contributed by atoms with E-state index in [0.717, 1.165) is 12.1 Å². The summed E-state index contributed by atoms with van der Waals surface area (Å²) in [6.07, 6.45) is -4.27. The monoisotopic (exact) mass is 1070 g/mol. The largest absolute Gasteiger partial charge is 0.389 e. The van der Waals surface area contributed by atoms with Gasteiger partial charge in [0.25, 0.3) is 0 Å². The predicted molar refractivity (Wildman–Crippen MR) is 325 cm³/mol. The number of hydrogen-bond acceptors (Lipinski definition) is 0. The Morgan fingerprint density at radius 3 is 1.05 bits per heavy atom. The molecule has 0 nitrogen and oxygen atoms in total. The van der Waals surface area contributed by atoms with E-state index in [1.54, 1.807) is 40.8 Å². The zero-order valence-corrected chi connectivity index (χ0v) is 61.2. The zero-order valence-electron chi connectivity index (χ0n) is 47.9. The van der Waals surface area contributed by atoms with Crippen LogP contribution in [0.5, 0.6) is 0 Å². The molecule has 0 aromatic carbocycles. The van der Waals surface area contributed by atoms with Crippen LogP contribution < -0.4 is 0 Å². The number of halogens is 3. The first-order valence-electron chi connectivity index (χ1n) is 25.7. The minimum atomic E-state index is -4.00. The summed E-state index contributed by atoms with van der Waals surface area (Å²) in [5.74, 6) is 0. The third-order valence-corrected chi connectivity index (χ3v) is 60.2. The first-order valence-corrected chi connectivity index (χ1v) is 64.3. The normalized spacial score (nSPS) is 15.6.